The van der Waals surface area contributed by atoms with E-state index in [1.54, 1.807) is 49.4 Å². The number of fused-ring (bicyclic) bond motifs is 3. The van der Waals surface area contributed by atoms with Crippen molar-refractivity contribution in [1.29, 1.82) is 0 Å². The molecule has 2 aromatic heterocycles. The predicted molar refractivity (Wildman–Crippen MR) is 89.5 cm³/mol. The molecule has 6 nitrogen and oxygen atoms in total. The molecule has 0 saturated heterocycles. The van der Waals surface area contributed by atoms with Crippen LogP contribution in [0.25, 0.3) is 21.9 Å². The van der Waals surface area contributed by atoms with Gasteiger partial charge in [-0.3, -0.25) is 0 Å². The van der Waals surface area contributed by atoms with Crippen LogP contribution in [-0.4, -0.2) is 17.6 Å². The van der Waals surface area contributed by atoms with Crippen molar-refractivity contribution >= 4 is 31.9 Å². The lowest BCUT2D eigenvalue weighted by Crippen LogP contribution is -2.14. The molecule has 0 amide bonds. The minimum atomic E-state index is -3.89. The number of nitrogens with zero attached hydrogens (tertiary/aromatic N) is 2. The summed E-state index contributed by atoms with van der Waals surface area (Å²) in [5.41, 5.74) is 0.663. The molecule has 0 fully saturated rings. The molecule has 0 N–H and O–H groups in total. The average molecular weight is 340 g/mol. The molecule has 0 aliphatic rings. The third kappa shape index (κ3) is 2.05. The summed E-state index contributed by atoms with van der Waals surface area (Å²) in [4.78, 5) is 12.3. The van der Waals surface area contributed by atoms with Crippen molar-refractivity contribution in [2.75, 3.05) is 0 Å². The van der Waals surface area contributed by atoms with Crippen LogP contribution in [0.2, 0.25) is 0 Å². The SMILES string of the molecule is Cc1ccccc1S(=O)(=O)n1cc2c(=O)oc3ccccc3c2n1. The number of para-hydroxylation sites is 1. The van der Waals surface area contributed by atoms with Gasteiger partial charge in [-0.15, -0.1) is 0 Å². The van der Waals surface area contributed by atoms with Gasteiger partial charge in [0, 0.05) is 5.39 Å². The van der Waals surface area contributed by atoms with Gasteiger partial charge in [-0.1, -0.05) is 30.3 Å². The summed E-state index contributed by atoms with van der Waals surface area (Å²) in [6.07, 6.45) is 1.20. The fourth-order valence-electron chi connectivity index (χ4n) is 2.68. The minimum absolute atomic E-state index is 0.130. The van der Waals surface area contributed by atoms with E-state index in [1.165, 1.54) is 12.3 Å². The van der Waals surface area contributed by atoms with Gasteiger partial charge < -0.3 is 4.42 Å². The average Bonchev–Trinajstić information content (AvgIpc) is 3.02. The van der Waals surface area contributed by atoms with E-state index in [4.69, 9.17) is 4.42 Å². The van der Waals surface area contributed by atoms with Crippen LogP contribution in [0.4, 0.5) is 0 Å². The van der Waals surface area contributed by atoms with E-state index >= 15 is 0 Å². The zero-order valence-corrected chi connectivity index (χ0v) is 13.4. The quantitative estimate of drug-likeness (QED) is 0.524. The molecule has 0 unspecified atom stereocenters. The molecule has 24 heavy (non-hydrogen) atoms. The molecule has 2 heterocycles. The van der Waals surface area contributed by atoms with Crippen molar-refractivity contribution in [2.45, 2.75) is 11.8 Å². The molecule has 7 heteroatoms. The summed E-state index contributed by atoms with van der Waals surface area (Å²) in [5, 5.41) is 4.88. The summed E-state index contributed by atoms with van der Waals surface area (Å²) in [6, 6.07) is 13.5. The second-order valence-corrected chi connectivity index (χ2v) is 7.18. The number of aromatic nitrogens is 2. The Hall–Kier alpha value is -2.93. The fourth-order valence-corrected chi connectivity index (χ4v) is 4.04. The lowest BCUT2D eigenvalue weighted by Gasteiger charge is -2.06. The van der Waals surface area contributed by atoms with Gasteiger partial charge in [-0.05, 0) is 30.7 Å². The second kappa shape index (κ2) is 5.04. The van der Waals surface area contributed by atoms with Crippen molar-refractivity contribution in [3.05, 3.63) is 70.7 Å². The highest BCUT2D eigenvalue weighted by Crippen LogP contribution is 2.24. The maximum atomic E-state index is 12.8. The first-order chi connectivity index (χ1) is 11.5. The van der Waals surface area contributed by atoms with E-state index in [9.17, 15) is 13.2 Å². The number of benzene rings is 2. The maximum Gasteiger partial charge on any atom is 0.347 e. The Labute approximate surface area is 137 Å². The van der Waals surface area contributed by atoms with Crippen LogP contribution in [0.15, 0.2) is 68.8 Å². The molecule has 4 aromatic rings. The molecule has 120 valence electrons. The molecule has 0 aliphatic heterocycles. The van der Waals surface area contributed by atoms with Crippen LogP contribution in [0.5, 0.6) is 0 Å². The highest BCUT2D eigenvalue weighted by atomic mass is 32.2. The topological polar surface area (TPSA) is 82.2 Å². The smallest absolute Gasteiger partial charge is 0.347 e. The lowest BCUT2D eigenvalue weighted by molar-refractivity contribution is 0.569. The van der Waals surface area contributed by atoms with Crippen LogP contribution in [0, 0.1) is 6.92 Å². The first-order valence-electron chi connectivity index (χ1n) is 7.21. The van der Waals surface area contributed by atoms with Crippen LogP contribution in [0.1, 0.15) is 5.56 Å². The third-order valence-electron chi connectivity index (χ3n) is 3.88. The zero-order valence-electron chi connectivity index (χ0n) is 12.6. The summed E-state index contributed by atoms with van der Waals surface area (Å²) in [7, 11) is -3.89. The predicted octanol–water partition coefficient (Wildman–Crippen LogP) is 2.69. The van der Waals surface area contributed by atoms with Crippen LogP contribution in [0.3, 0.4) is 0 Å². The van der Waals surface area contributed by atoms with Crippen LogP contribution >= 0.6 is 0 Å². The number of rotatable bonds is 2. The van der Waals surface area contributed by atoms with Crippen molar-refractivity contribution in [1.82, 2.24) is 9.19 Å². The van der Waals surface area contributed by atoms with Crippen molar-refractivity contribution in [2.24, 2.45) is 0 Å². The van der Waals surface area contributed by atoms with E-state index in [1.807, 2.05) is 0 Å². The van der Waals surface area contributed by atoms with Gasteiger partial charge in [0.2, 0.25) is 0 Å². The molecular weight excluding hydrogens is 328 g/mol. The van der Waals surface area contributed by atoms with Crippen molar-refractivity contribution in [3.8, 4) is 0 Å². The van der Waals surface area contributed by atoms with E-state index in [0.29, 0.717) is 22.0 Å². The molecule has 0 atom stereocenters. The Balaban J connectivity index is 2.06. The Morgan fingerprint density at radius 1 is 1.00 bits per heavy atom. The van der Waals surface area contributed by atoms with Gasteiger partial charge >= 0.3 is 5.63 Å². The summed E-state index contributed by atoms with van der Waals surface area (Å²) >= 11 is 0. The van der Waals surface area contributed by atoms with E-state index in [2.05, 4.69) is 5.10 Å². The highest BCUT2D eigenvalue weighted by molar-refractivity contribution is 7.89. The van der Waals surface area contributed by atoms with E-state index in [-0.39, 0.29) is 10.3 Å². The Morgan fingerprint density at radius 3 is 2.50 bits per heavy atom. The standard InChI is InChI=1S/C17H12N2O4S/c1-11-6-2-5-9-15(11)24(21,22)19-10-13-16(18-19)12-7-3-4-8-14(12)23-17(13)20/h2-10H,1H3. The Morgan fingerprint density at radius 2 is 1.71 bits per heavy atom. The van der Waals surface area contributed by atoms with Crippen molar-refractivity contribution in [3.63, 3.8) is 0 Å². The van der Waals surface area contributed by atoms with Gasteiger partial charge in [-0.2, -0.15) is 17.6 Å². The van der Waals surface area contributed by atoms with E-state index in [0.717, 1.165) is 4.09 Å². The molecule has 0 radical (unpaired) electrons. The van der Waals surface area contributed by atoms with Crippen LogP contribution < -0.4 is 5.63 Å². The Bertz CT molecular complexity index is 1250. The zero-order chi connectivity index (χ0) is 16.9. The molecule has 0 aliphatic carbocycles. The monoisotopic (exact) mass is 340 g/mol. The number of hydrogen-bond acceptors (Lipinski definition) is 5. The largest absolute Gasteiger partial charge is 0.422 e. The molecule has 0 bridgehead atoms. The summed E-state index contributed by atoms with van der Waals surface area (Å²) in [6.45, 7) is 1.71. The fraction of sp³-hybridized carbons (Fsp3) is 0.0588. The van der Waals surface area contributed by atoms with Gasteiger partial charge in [-0.25, -0.2) is 4.79 Å². The lowest BCUT2D eigenvalue weighted by atomic mass is 10.2. The second-order valence-electron chi connectivity index (χ2n) is 5.42. The summed E-state index contributed by atoms with van der Waals surface area (Å²) < 4.78 is 31.7. The van der Waals surface area contributed by atoms with Gasteiger partial charge in [0.1, 0.15) is 16.5 Å². The van der Waals surface area contributed by atoms with Gasteiger partial charge in [0.05, 0.1) is 11.1 Å². The molecular formula is C17H12N2O4S. The molecule has 2 aromatic carbocycles. The summed E-state index contributed by atoms with van der Waals surface area (Å²) in [5.74, 6) is 0. The van der Waals surface area contributed by atoms with Gasteiger partial charge in [0.15, 0.2) is 0 Å². The van der Waals surface area contributed by atoms with Crippen LogP contribution in [-0.2, 0) is 10.0 Å². The first-order valence-corrected chi connectivity index (χ1v) is 8.65. The molecule has 0 saturated carbocycles. The Kier molecular flexibility index (Phi) is 3.07. The van der Waals surface area contributed by atoms with E-state index < -0.39 is 15.6 Å². The first kappa shape index (κ1) is 14.6. The van der Waals surface area contributed by atoms with Crippen molar-refractivity contribution < 1.29 is 12.8 Å². The molecule has 4 rings (SSSR count). The maximum absolute atomic E-state index is 12.8. The molecule has 0 spiro atoms. The number of aryl methyl sites for hydroxylation is 1. The third-order valence-corrected chi connectivity index (χ3v) is 5.57. The van der Waals surface area contributed by atoms with Gasteiger partial charge in [0.25, 0.3) is 10.0 Å². The normalized spacial score (nSPS) is 12.0. The number of hydrogen-bond donors (Lipinski definition) is 0. The minimum Gasteiger partial charge on any atom is -0.422 e. The highest BCUT2D eigenvalue weighted by Gasteiger charge is 2.22.